The standard InChI is InChI=1S/C10H16NO5/c1-9(2)5(7(12)13)6(8(14)15)10(3,4)11(9)16/h5-6H,1-4H3,(H,12,13)(H,14,15)/i1D3,2D3,3D3,4D3,5D,6D,11+0. The van der Waals surface area contributed by atoms with E-state index in [0.29, 0.717) is 0 Å². The summed E-state index contributed by atoms with van der Waals surface area (Å²) in [6.45, 7) is -17.9. The number of carboxylic acid groups (broad SMARTS) is 2. The molecule has 1 aliphatic rings. The van der Waals surface area contributed by atoms with Crippen molar-refractivity contribution in [3.8, 4) is 0 Å². The first-order chi connectivity index (χ1) is 12.8. The summed E-state index contributed by atoms with van der Waals surface area (Å²) in [5.74, 6) is -15.6. The predicted octanol–water partition coefficient (Wildman–Crippen LogP) is 0.606. The van der Waals surface area contributed by atoms with Crippen molar-refractivity contribution in [1.29, 1.82) is 0 Å². The molecule has 0 bridgehead atoms. The highest BCUT2D eigenvalue weighted by Crippen LogP contribution is 2.48. The van der Waals surface area contributed by atoms with E-state index in [4.69, 9.17) is 19.2 Å². The molecule has 6 heteroatoms. The maximum Gasteiger partial charge on any atom is 0.309 e. The zero-order chi connectivity index (χ0) is 24.7. The van der Waals surface area contributed by atoms with Crippen LogP contribution in [0, 0.1) is 11.8 Å². The minimum atomic E-state index is -4.83. The van der Waals surface area contributed by atoms with Crippen molar-refractivity contribution in [3.05, 3.63) is 0 Å². The molecule has 0 saturated carbocycles. The van der Waals surface area contributed by atoms with Crippen molar-refractivity contribution in [2.24, 2.45) is 11.8 Å². The summed E-state index contributed by atoms with van der Waals surface area (Å²) in [6.07, 6.45) is 0. The molecule has 2 N–H and O–H groups in total. The molecule has 1 heterocycles. The molecule has 91 valence electrons. The molecule has 0 aliphatic carbocycles. The quantitative estimate of drug-likeness (QED) is 0.741. The van der Waals surface area contributed by atoms with Gasteiger partial charge in [0.15, 0.2) is 0 Å². The lowest BCUT2D eigenvalue weighted by Crippen LogP contribution is -2.48. The Morgan fingerprint density at radius 2 is 1.44 bits per heavy atom. The molecule has 16 heavy (non-hydrogen) atoms. The van der Waals surface area contributed by atoms with E-state index in [9.17, 15) is 25.0 Å². The molecule has 0 aromatic carbocycles. The van der Waals surface area contributed by atoms with Crippen LogP contribution in [0.4, 0.5) is 0 Å². The summed E-state index contributed by atoms with van der Waals surface area (Å²) >= 11 is 0. The zero-order valence-corrected chi connectivity index (χ0v) is 7.57. The van der Waals surface area contributed by atoms with Crippen molar-refractivity contribution in [2.75, 3.05) is 0 Å². The van der Waals surface area contributed by atoms with E-state index >= 15 is 0 Å². The highest BCUT2D eigenvalue weighted by Gasteiger charge is 2.64. The van der Waals surface area contributed by atoms with Crippen LogP contribution in [0.5, 0.6) is 0 Å². The molecule has 0 aromatic rings. The number of hydroxylamine groups is 2. The first-order valence-corrected chi connectivity index (χ1v) is 3.74. The smallest absolute Gasteiger partial charge is 0.309 e. The Hall–Kier alpha value is -1.14. The molecule has 0 aromatic heterocycles. The highest BCUT2D eigenvalue weighted by atomic mass is 16.5. The second-order valence-electron chi connectivity index (χ2n) is 3.08. The summed E-state index contributed by atoms with van der Waals surface area (Å²) in [5, 5.41) is 30.8. The second-order valence-corrected chi connectivity index (χ2v) is 3.08. The van der Waals surface area contributed by atoms with E-state index in [2.05, 4.69) is 0 Å². The maximum absolute atomic E-state index is 13.3. The van der Waals surface area contributed by atoms with Gasteiger partial charge in [-0.05, 0) is 27.4 Å². The van der Waals surface area contributed by atoms with Gasteiger partial charge in [0.2, 0.25) is 0 Å². The van der Waals surface area contributed by atoms with Crippen molar-refractivity contribution in [2.45, 2.75) is 38.5 Å². The minimum Gasteiger partial charge on any atom is -0.481 e. The van der Waals surface area contributed by atoms with Crippen LogP contribution in [0.1, 0.15) is 46.6 Å². The molecule has 1 aliphatic heterocycles. The van der Waals surface area contributed by atoms with Gasteiger partial charge in [0.25, 0.3) is 0 Å². The van der Waals surface area contributed by atoms with E-state index in [1.165, 1.54) is 0 Å². The lowest BCUT2D eigenvalue weighted by atomic mass is 9.77. The van der Waals surface area contributed by atoms with Gasteiger partial charge < -0.3 is 10.2 Å². The van der Waals surface area contributed by atoms with Crippen LogP contribution in [0.15, 0.2) is 0 Å². The molecule has 0 spiro atoms. The van der Waals surface area contributed by atoms with Gasteiger partial charge in [-0.3, -0.25) is 9.59 Å². The fourth-order valence-electron chi connectivity index (χ4n) is 1.34. The average molecular weight is 244 g/mol. The van der Waals surface area contributed by atoms with Gasteiger partial charge >= 0.3 is 11.9 Å². The molecule has 0 amide bonds. The second kappa shape index (κ2) is 3.43. The lowest BCUT2D eigenvalue weighted by Gasteiger charge is -2.32. The first-order valence-electron chi connectivity index (χ1n) is 10.7. The van der Waals surface area contributed by atoms with E-state index in [0.717, 1.165) is 0 Å². The van der Waals surface area contributed by atoms with Gasteiger partial charge in [0.1, 0.15) is 0 Å². The summed E-state index contributed by atoms with van der Waals surface area (Å²) < 4.78 is 107. The van der Waals surface area contributed by atoms with Crippen molar-refractivity contribution in [3.63, 3.8) is 0 Å². The van der Waals surface area contributed by atoms with Gasteiger partial charge in [-0.1, -0.05) is 0 Å². The van der Waals surface area contributed by atoms with E-state index in [-0.39, 0.29) is 0 Å². The van der Waals surface area contributed by atoms with Gasteiger partial charge in [-0.15, -0.1) is 10.3 Å². The SMILES string of the molecule is [2H]C([2H])([2H])C1(C([2H])([2H])[2H])[14N]([O])C(C([2H])([2H])[2H])(C([2H])([2H])[2H])C([2H])(C(=O)O)C1([2H])C(=O)O. The van der Waals surface area contributed by atoms with Crippen LogP contribution in [0.3, 0.4) is 0 Å². The zero-order valence-electron chi connectivity index (χ0n) is 21.6. The molecule has 2 unspecified atom stereocenters. The van der Waals surface area contributed by atoms with Gasteiger partial charge in [0, 0.05) is 19.2 Å². The van der Waals surface area contributed by atoms with Crippen LogP contribution >= 0.6 is 0 Å². The van der Waals surface area contributed by atoms with Crippen LogP contribution in [-0.2, 0) is 14.8 Å². The molecular formula is C10H16NO5. The maximum atomic E-state index is 13.3. The van der Waals surface area contributed by atoms with Crippen molar-refractivity contribution < 1.29 is 44.2 Å². The predicted molar refractivity (Wildman–Crippen MR) is 52.9 cm³/mol. The van der Waals surface area contributed by atoms with E-state index in [1.54, 1.807) is 0 Å². The van der Waals surface area contributed by atoms with Gasteiger partial charge in [-0.2, -0.15) is 0 Å². The van der Waals surface area contributed by atoms with E-state index in [1.807, 2.05) is 0 Å². The molecular weight excluding hydrogens is 214 g/mol. The molecule has 1 rings (SSSR count). The van der Waals surface area contributed by atoms with Gasteiger partial charge in [0.05, 0.1) is 22.9 Å². The Labute approximate surface area is 113 Å². The normalized spacial score (nSPS) is 57.8. The van der Waals surface area contributed by atoms with Gasteiger partial charge in [-0.25, -0.2) is 0 Å². The number of rotatable bonds is 2. The van der Waals surface area contributed by atoms with Crippen molar-refractivity contribution >= 4 is 11.9 Å². The van der Waals surface area contributed by atoms with Crippen LogP contribution in [0.2, 0.25) is 0 Å². The third-order valence-corrected chi connectivity index (χ3v) is 2.01. The Balaban J connectivity index is 4.72. The summed E-state index contributed by atoms with van der Waals surface area (Å²) in [6, 6.07) is 0. The number of carboxylic acids is 2. The largest absolute Gasteiger partial charge is 0.481 e. The lowest BCUT2D eigenvalue weighted by molar-refractivity contribution is -0.251. The molecule has 6 nitrogen and oxygen atoms in total. The summed E-state index contributed by atoms with van der Waals surface area (Å²) in [5.41, 5.74) is -9.55. The van der Waals surface area contributed by atoms with Crippen molar-refractivity contribution in [1.82, 2.24) is 5.06 Å². The summed E-state index contributed by atoms with van der Waals surface area (Å²) in [7, 11) is 0. The monoisotopic (exact) mass is 244 g/mol. The molecule has 1 fully saturated rings. The molecule has 2 atom stereocenters. The number of nitrogens with zero attached hydrogens (tertiary/aromatic N) is 1. The fourth-order valence-corrected chi connectivity index (χ4v) is 1.34. The number of carbonyl (C=O) groups is 2. The van der Waals surface area contributed by atoms with E-state index < -0.39 is 67.3 Å². The third kappa shape index (κ3) is 1.49. The average Bonchev–Trinajstić information content (AvgIpc) is 2.57. The Bertz CT molecular complexity index is 662. The molecule has 1 saturated heterocycles. The minimum absolute atomic E-state index is 1.68. The van der Waals surface area contributed by atoms with Crippen LogP contribution in [0.25, 0.3) is 0 Å². The number of hydrogen-bond donors (Lipinski definition) is 2. The Morgan fingerprint density at radius 3 is 1.62 bits per heavy atom. The Kier molecular flexibility index (Phi) is 0.734. The third-order valence-electron chi connectivity index (χ3n) is 2.01. The van der Waals surface area contributed by atoms with Crippen LogP contribution in [-0.4, -0.2) is 38.3 Å². The topological polar surface area (TPSA) is 97.7 Å². The Morgan fingerprint density at radius 1 is 1.12 bits per heavy atom. The summed E-state index contributed by atoms with van der Waals surface area (Å²) in [4.78, 5) is 24.1. The first kappa shape index (κ1) is 3.43. The fraction of sp³-hybridized carbons (Fsp3) is 0.800. The molecule has 1 radical (unpaired) electrons. The highest BCUT2D eigenvalue weighted by molar-refractivity contribution is 5.83. The van der Waals surface area contributed by atoms with Crippen LogP contribution < -0.4 is 0 Å². The number of aliphatic carboxylic acids is 2. The number of hydrogen-bond acceptors (Lipinski definition) is 3.